The minimum atomic E-state index is -0.390. The lowest BCUT2D eigenvalue weighted by molar-refractivity contribution is -0.384. The molecular formula is C22H21N5O2. The standard InChI is InChI=1S/C22H21N5O2/c1-25(13-16-6-3-2-4-7-16)15-20-22(17-8-5-9-19(12-17)27(28)29)24-21-11-10-18(23)14-26(20)21/h2-12,14H,13,15,23H2,1H3. The third-order valence-corrected chi connectivity index (χ3v) is 4.79. The number of pyridine rings is 1. The van der Waals surface area contributed by atoms with Crippen LogP contribution in [0.25, 0.3) is 16.9 Å². The molecule has 0 radical (unpaired) electrons. The van der Waals surface area contributed by atoms with Crippen molar-refractivity contribution in [2.24, 2.45) is 0 Å². The lowest BCUT2D eigenvalue weighted by atomic mass is 10.1. The third-order valence-electron chi connectivity index (χ3n) is 4.79. The molecule has 4 rings (SSSR count). The van der Waals surface area contributed by atoms with Gasteiger partial charge in [0.25, 0.3) is 5.69 Å². The number of imidazole rings is 1. The van der Waals surface area contributed by atoms with E-state index in [9.17, 15) is 10.1 Å². The first-order valence-corrected chi connectivity index (χ1v) is 9.25. The zero-order chi connectivity index (χ0) is 20.4. The van der Waals surface area contributed by atoms with E-state index >= 15 is 0 Å². The van der Waals surface area contributed by atoms with Crippen molar-refractivity contribution in [2.45, 2.75) is 13.1 Å². The summed E-state index contributed by atoms with van der Waals surface area (Å²) in [6.07, 6.45) is 1.84. The fourth-order valence-corrected chi connectivity index (χ4v) is 3.47. The summed E-state index contributed by atoms with van der Waals surface area (Å²) in [6.45, 7) is 1.38. The highest BCUT2D eigenvalue weighted by atomic mass is 16.6. The molecule has 0 aliphatic carbocycles. The Kier molecular flexibility index (Phi) is 4.97. The Hall–Kier alpha value is -3.71. The van der Waals surface area contributed by atoms with Crippen LogP contribution in [0.5, 0.6) is 0 Å². The van der Waals surface area contributed by atoms with E-state index in [1.165, 1.54) is 11.6 Å². The smallest absolute Gasteiger partial charge is 0.270 e. The lowest BCUT2D eigenvalue weighted by Crippen LogP contribution is -2.18. The van der Waals surface area contributed by atoms with Crippen molar-refractivity contribution in [3.63, 3.8) is 0 Å². The van der Waals surface area contributed by atoms with Crippen LogP contribution in [0.3, 0.4) is 0 Å². The van der Waals surface area contributed by atoms with Crippen molar-refractivity contribution < 1.29 is 4.92 Å². The zero-order valence-electron chi connectivity index (χ0n) is 16.0. The Morgan fingerprint density at radius 1 is 1.07 bits per heavy atom. The minimum Gasteiger partial charge on any atom is -0.398 e. The highest BCUT2D eigenvalue weighted by Crippen LogP contribution is 2.29. The fraction of sp³-hybridized carbons (Fsp3) is 0.136. The van der Waals surface area contributed by atoms with Gasteiger partial charge in [0.05, 0.1) is 16.3 Å². The average molecular weight is 387 g/mol. The molecule has 0 atom stereocenters. The number of aromatic nitrogens is 2. The molecule has 4 aromatic rings. The highest BCUT2D eigenvalue weighted by molar-refractivity contribution is 5.69. The maximum Gasteiger partial charge on any atom is 0.270 e. The molecule has 0 aliphatic rings. The molecule has 0 aliphatic heterocycles. The van der Waals surface area contributed by atoms with Crippen LogP contribution in [0, 0.1) is 10.1 Å². The van der Waals surface area contributed by atoms with E-state index < -0.39 is 4.92 Å². The largest absolute Gasteiger partial charge is 0.398 e. The van der Waals surface area contributed by atoms with Crippen molar-refractivity contribution in [1.29, 1.82) is 0 Å². The molecule has 0 saturated carbocycles. The molecule has 146 valence electrons. The lowest BCUT2D eigenvalue weighted by Gasteiger charge is -2.17. The summed E-state index contributed by atoms with van der Waals surface area (Å²) in [5.74, 6) is 0. The van der Waals surface area contributed by atoms with Crippen LogP contribution in [-0.2, 0) is 13.1 Å². The molecule has 7 heteroatoms. The van der Waals surface area contributed by atoms with Crippen LogP contribution in [0.4, 0.5) is 11.4 Å². The van der Waals surface area contributed by atoms with Crippen LogP contribution >= 0.6 is 0 Å². The van der Waals surface area contributed by atoms with Gasteiger partial charge in [-0.2, -0.15) is 0 Å². The van der Waals surface area contributed by atoms with E-state index in [1.807, 2.05) is 48.0 Å². The van der Waals surface area contributed by atoms with Crippen LogP contribution in [0.1, 0.15) is 11.3 Å². The number of nitrogens with zero attached hydrogens (tertiary/aromatic N) is 4. The van der Waals surface area contributed by atoms with Gasteiger partial charge in [0.15, 0.2) is 0 Å². The summed E-state index contributed by atoms with van der Waals surface area (Å²) in [7, 11) is 2.04. The quantitative estimate of drug-likeness (QED) is 0.397. The Balaban J connectivity index is 1.76. The van der Waals surface area contributed by atoms with Crippen molar-refractivity contribution in [3.05, 3.63) is 94.3 Å². The van der Waals surface area contributed by atoms with Crippen molar-refractivity contribution in [1.82, 2.24) is 14.3 Å². The molecule has 2 aromatic heterocycles. The van der Waals surface area contributed by atoms with Gasteiger partial charge in [-0.05, 0) is 24.7 Å². The van der Waals surface area contributed by atoms with Gasteiger partial charge in [-0.3, -0.25) is 15.0 Å². The number of anilines is 1. The zero-order valence-corrected chi connectivity index (χ0v) is 16.0. The maximum absolute atomic E-state index is 11.2. The second-order valence-corrected chi connectivity index (χ2v) is 7.06. The number of hydrogen-bond acceptors (Lipinski definition) is 5. The fourth-order valence-electron chi connectivity index (χ4n) is 3.47. The van der Waals surface area contributed by atoms with E-state index in [2.05, 4.69) is 17.0 Å². The van der Waals surface area contributed by atoms with Crippen molar-refractivity contribution >= 4 is 17.0 Å². The Morgan fingerprint density at radius 2 is 1.86 bits per heavy atom. The number of benzene rings is 2. The summed E-state index contributed by atoms with van der Waals surface area (Å²) in [4.78, 5) is 17.8. The second kappa shape index (κ2) is 7.73. The summed E-state index contributed by atoms with van der Waals surface area (Å²) in [6, 6.07) is 20.5. The topological polar surface area (TPSA) is 89.7 Å². The van der Waals surface area contributed by atoms with E-state index in [1.54, 1.807) is 18.2 Å². The second-order valence-electron chi connectivity index (χ2n) is 7.06. The van der Waals surface area contributed by atoms with Gasteiger partial charge in [0.1, 0.15) is 5.65 Å². The van der Waals surface area contributed by atoms with Gasteiger partial charge in [-0.15, -0.1) is 0 Å². The Bertz CT molecular complexity index is 1170. The summed E-state index contributed by atoms with van der Waals surface area (Å²) in [5.41, 5.74) is 11.0. The molecule has 0 saturated heterocycles. The first-order chi connectivity index (χ1) is 14.0. The van der Waals surface area contributed by atoms with Gasteiger partial charge in [0.2, 0.25) is 0 Å². The van der Waals surface area contributed by atoms with Crippen molar-refractivity contribution in [3.8, 4) is 11.3 Å². The summed E-state index contributed by atoms with van der Waals surface area (Å²) < 4.78 is 1.96. The van der Waals surface area contributed by atoms with Crippen LogP contribution in [0.15, 0.2) is 72.9 Å². The molecule has 0 unspecified atom stereocenters. The molecular weight excluding hydrogens is 366 g/mol. The molecule has 0 spiro atoms. The minimum absolute atomic E-state index is 0.0441. The Labute approximate surface area is 168 Å². The predicted molar refractivity (Wildman–Crippen MR) is 113 cm³/mol. The molecule has 0 amide bonds. The molecule has 2 N–H and O–H groups in total. The Morgan fingerprint density at radius 3 is 2.62 bits per heavy atom. The molecule has 2 aromatic carbocycles. The predicted octanol–water partition coefficient (Wildman–Crippen LogP) is 4.12. The van der Waals surface area contributed by atoms with Gasteiger partial charge in [0, 0.05) is 42.7 Å². The summed E-state index contributed by atoms with van der Waals surface area (Å²) >= 11 is 0. The van der Waals surface area contributed by atoms with Crippen molar-refractivity contribution in [2.75, 3.05) is 12.8 Å². The normalized spacial score (nSPS) is 11.2. The third kappa shape index (κ3) is 3.95. The average Bonchev–Trinajstić information content (AvgIpc) is 3.06. The van der Waals surface area contributed by atoms with E-state index in [-0.39, 0.29) is 5.69 Å². The van der Waals surface area contributed by atoms with Gasteiger partial charge >= 0.3 is 0 Å². The molecule has 2 heterocycles. The van der Waals surface area contributed by atoms with Crippen LogP contribution < -0.4 is 5.73 Å². The highest BCUT2D eigenvalue weighted by Gasteiger charge is 2.18. The first kappa shape index (κ1) is 18.6. The molecule has 29 heavy (non-hydrogen) atoms. The van der Waals surface area contributed by atoms with E-state index in [0.717, 1.165) is 23.6 Å². The number of rotatable bonds is 6. The number of nitrogens with two attached hydrogens (primary N) is 1. The van der Waals surface area contributed by atoms with Gasteiger partial charge < -0.3 is 10.1 Å². The SMILES string of the molecule is CN(Cc1ccccc1)Cc1c(-c2cccc([N+](=O)[O-])c2)nc2ccc(N)cn12. The number of non-ortho nitro benzene ring substituents is 1. The van der Waals surface area contributed by atoms with E-state index in [4.69, 9.17) is 10.7 Å². The number of fused-ring (bicyclic) bond motifs is 1. The number of nitrogen functional groups attached to an aromatic ring is 1. The summed E-state index contributed by atoms with van der Waals surface area (Å²) in [5, 5.41) is 11.2. The molecule has 7 nitrogen and oxygen atoms in total. The van der Waals surface area contributed by atoms with Gasteiger partial charge in [-0.25, -0.2) is 4.98 Å². The molecule has 0 fully saturated rings. The number of nitro groups is 1. The van der Waals surface area contributed by atoms with Crippen LogP contribution in [-0.4, -0.2) is 26.3 Å². The van der Waals surface area contributed by atoms with Gasteiger partial charge in [-0.1, -0.05) is 42.5 Å². The number of nitro benzene ring substituents is 1. The molecule has 0 bridgehead atoms. The monoisotopic (exact) mass is 387 g/mol. The van der Waals surface area contributed by atoms with E-state index in [0.29, 0.717) is 17.8 Å². The first-order valence-electron chi connectivity index (χ1n) is 9.25. The van der Waals surface area contributed by atoms with Crippen LogP contribution in [0.2, 0.25) is 0 Å². The maximum atomic E-state index is 11.2. The number of hydrogen-bond donors (Lipinski definition) is 1.